The molecule has 0 saturated carbocycles. The molecule has 0 aliphatic carbocycles. The van der Waals surface area contributed by atoms with Crippen LogP contribution in [0.15, 0.2) is 77.2 Å². The van der Waals surface area contributed by atoms with Gasteiger partial charge in [-0.2, -0.15) is 0 Å². The van der Waals surface area contributed by atoms with E-state index in [1.807, 2.05) is 93.6 Å². The van der Waals surface area contributed by atoms with E-state index in [1.165, 1.54) is 0 Å². The second-order valence-corrected chi connectivity index (χ2v) is 10.8. The van der Waals surface area contributed by atoms with Gasteiger partial charge in [-0.05, 0) is 62.9 Å². The number of hydrogen-bond donors (Lipinski definition) is 3. The lowest BCUT2D eigenvalue weighted by atomic mass is 9.98. The highest BCUT2D eigenvalue weighted by Gasteiger charge is 2.46. The average Bonchev–Trinajstić information content (AvgIpc) is 3.60. The maximum absolute atomic E-state index is 14.2. The number of furan rings is 1. The Morgan fingerprint density at radius 2 is 1.45 bits per heavy atom. The van der Waals surface area contributed by atoms with E-state index in [9.17, 15) is 14.4 Å². The Hall–Kier alpha value is -3.91. The second-order valence-electron chi connectivity index (χ2n) is 10.8. The first kappa shape index (κ1) is 29.1. The largest absolute Gasteiger partial charge is 0.464 e. The van der Waals surface area contributed by atoms with Crippen molar-refractivity contribution in [3.8, 4) is 0 Å². The van der Waals surface area contributed by atoms with Crippen molar-refractivity contribution in [1.29, 1.82) is 0 Å². The summed E-state index contributed by atoms with van der Waals surface area (Å²) in [6, 6.07) is 20.5. The van der Waals surface area contributed by atoms with Gasteiger partial charge in [0.15, 0.2) is 0 Å². The molecule has 3 N–H and O–H groups in total. The summed E-state index contributed by atoms with van der Waals surface area (Å²) in [6.45, 7) is 7.39. The molecule has 0 radical (unpaired) electrons. The zero-order valence-electron chi connectivity index (χ0n) is 23.9. The number of amides is 3. The molecule has 2 aromatic carbocycles. The van der Waals surface area contributed by atoms with E-state index in [2.05, 4.69) is 16.0 Å². The van der Waals surface area contributed by atoms with Crippen LogP contribution in [-0.2, 0) is 14.4 Å². The van der Waals surface area contributed by atoms with Gasteiger partial charge in [-0.3, -0.25) is 14.4 Å². The monoisotopic (exact) mass is 544 g/mol. The molecule has 1 aliphatic rings. The molecule has 212 valence electrons. The molecular formula is C32H40N4O4. The van der Waals surface area contributed by atoms with Gasteiger partial charge in [-0.25, -0.2) is 0 Å². The highest BCUT2D eigenvalue weighted by atomic mass is 16.3. The number of carbonyl (C=O) groups is 3. The Balaban J connectivity index is 1.67. The van der Waals surface area contributed by atoms with Crippen LogP contribution >= 0.6 is 0 Å². The van der Waals surface area contributed by atoms with Crippen molar-refractivity contribution in [2.75, 3.05) is 7.05 Å². The van der Waals surface area contributed by atoms with Crippen molar-refractivity contribution < 1.29 is 18.8 Å². The Morgan fingerprint density at radius 3 is 1.95 bits per heavy atom. The van der Waals surface area contributed by atoms with Gasteiger partial charge in [0.2, 0.25) is 17.7 Å². The number of aryl methyl sites for hydroxylation is 1. The van der Waals surface area contributed by atoms with Gasteiger partial charge in [0, 0.05) is 0 Å². The molecule has 2 heterocycles. The third-order valence-corrected chi connectivity index (χ3v) is 7.64. The predicted molar refractivity (Wildman–Crippen MR) is 154 cm³/mol. The second kappa shape index (κ2) is 13.0. The van der Waals surface area contributed by atoms with Crippen LogP contribution in [0.3, 0.4) is 0 Å². The number of likely N-dealkylation sites (tertiary alicyclic amines) is 1. The van der Waals surface area contributed by atoms with Crippen molar-refractivity contribution in [3.63, 3.8) is 0 Å². The summed E-state index contributed by atoms with van der Waals surface area (Å²) in [6.07, 6.45) is 1.05. The first-order valence-corrected chi connectivity index (χ1v) is 14.0. The lowest BCUT2D eigenvalue weighted by Gasteiger charge is -2.35. The lowest BCUT2D eigenvalue weighted by molar-refractivity contribution is -0.145. The van der Waals surface area contributed by atoms with E-state index in [0.29, 0.717) is 18.6 Å². The number of nitrogens with zero attached hydrogens (tertiary/aromatic N) is 1. The molecule has 3 amide bonds. The van der Waals surface area contributed by atoms with Gasteiger partial charge >= 0.3 is 0 Å². The average molecular weight is 545 g/mol. The van der Waals surface area contributed by atoms with Gasteiger partial charge in [-0.15, -0.1) is 0 Å². The van der Waals surface area contributed by atoms with Crippen LogP contribution in [0, 0.1) is 12.8 Å². The van der Waals surface area contributed by atoms with Gasteiger partial charge in [0.1, 0.15) is 23.6 Å². The highest BCUT2D eigenvalue weighted by molar-refractivity contribution is 5.94. The van der Waals surface area contributed by atoms with E-state index in [0.717, 1.165) is 16.9 Å². The van der Waals surface area contributed by atoms with E-state index >= 15 is 0 Å². The highest BCUT2D eigenvalue weighted by Crippen LogP contribution is 2.38. The van der Waals surface area contributed by atoms with Crippen molar-refractivity contribution >= 4 is 17.7 Å². The third-order valence-electron chi connectivity index (χ3n) is 7.64. The zero-order valence-corrected chi connectivity index (χ0v) is 23.9. The van der Waals surface area contributed by atoms with E-state index < -0.39 is 24.2 Å². The quantitative estimate of drug-likeness (QED) is 0.354. The van der Waals surface area contributed by atoms with Gasteiger partial charge < -0.3 is 25.3 Å². The molecule has 0 spiro atoms. The maximum atomic E-state index is 14.2. The standard InChI is InChI=1S/C32H40N4O4/c1-20(2)28(34-30(37)22(4)33-5)32(39)36-25(27-19-16-21(3)40-27)17-18-26(36)31(38)35-29(23-12-8-6-9-13-23)24-14-10-7-11-15-24/h6-16,19-20,22,25-26,28-29,33H,17-18H2,1-5H3,(H,34,37)(H,35,38)/t22-,25+,26-,28-/m0/s1. The molecule has 40 heavy (non-hydrogen) atoms. The van der Waals surface area contributed by atoms with Crippen LogP contribution in [0.2, 0.25) is 0 Å². The SMILES string of the molecule is CN[C@@H](C)C(=O)N[C@H](C(=O)N1[C@@H](c2ccc(C)o2)CC[C@H]1C(=O)NC(c1ccccc1)c1ccccc1)C(C)C. The predicted octanol–water partition coefficient (Wildman–Crippen LogP) is 4.27. The Kier molecular flexibility index (Phi) is 9.42. The van der Waals surface area contributed by atoms with E-state index in [-0.39, 0.29) is 29.7 Å². The number of nitrogens with one attached hydrogen (secondary N) is 3. The third kappa shape index (κ3) is 6.45. The molecule has 4 atom stereocenters. The summed E-state index contributed by atoms with van der Waals surface area (Å²) < 4.78 is 5.95. The molecule has 3 aromatic rings. The lowest BCUT2D eigenvalue weighted by Crippen LogP contribution is -2.57. The first-order chi connectivity index (χ1) is 19.2. The Bertz CT molecular complexity index is 1250. The van der Waals surface area contributed by atoms with Crippen molar-refractivity contribution in [1.82, 2.24) is 20.9 Å². The summed E-state index contributed by atoms with van der Waals surface area (Å²) in [5.41, 5.74) is 1.90. The molecule has 1 aromatic heterocycles. The summed E-state index contributed by atoms with van der Waals surface area (Å²) >= 11 is 0. The number of benzene rings is 2. The van der Waals surface area contributed by atoms with Crippen LogP contribution in [-0.4, -0.2) is 47.8 Å². The molecule has 8 nitrogen and oxygen atoms in total. The molecule has 1 fully saturated rings. The summed E-state index contributed by atoms with van der Waals surface area (Å²) in [5, 5.41) is 9.07. The van der Waals surface area contributed by atoms with Gasteiger partial charge in [-0.1, -0.05) is 74.5 Å². The normalized spacial score (nSPS) is 18.5. The zero-order chi connectivity index (χ0) is 28.8. The van der Waals surface area contributed by atoms with Crippen molar-refractivity contribution in [2.45, 2.75) is 70.7 Å². The minimum Gasteiger partial charge on any atom is -0.464 e. The van der Waals surface area contributed by atoms with Crippen LogP contribution in [0.5, 0.6) is 0 Å². The molecule has 8 heteroatoms. The van der Waals surface area contributed by atoms with Crippen molar-refractivity contribution in [3.05, 3.63) is 95.4 Å². The smallest absolute Gasteiger partial charge is 0.246 e. The number of hydrogen-bond acceptors (Lipinski definition) is 5. The summed E-state index contributed by atoms with van der Waals surface area (Å²) in [5.74, 6) is 0.383. The fourth-order valence-corrected chi connectivity index (χ4v) is 5.26. The Labute approximate surface area is 236 Å². The van der Waals surface area contributed by atoms with E-state index in [1.54, 1.807) is 18.9 Å². The van der Waals surface area contributed by atoms with Gasteiger partial charge in [0.05, 0.1) is 18.1 Å². The molecular weight excluding hydrogens is 504 g/mol. The van der Waals surface area contributed by atoms with Crippen LogP contribution in [0.1, 0.15) is 68.3 Å². The van der Waals surface area contributed by atoms with Crippen LogP contribution in [0.4, 0.5) is 0 Å². The number of rotatable bonds is 10. The molecule has 4 rings (SSSR count). The van der Waals surface area contributed by atoms with Crippen LogP contribution in [0.25, 0.3) is 0 Å². The summed E-state index contributed by atoms with van der Waals surface area (Å²) in [7, 11) is 1.70. The Morgan fingerprint density at radius 1 is 0.850 bits per heavy atom. The molecule has 1 saturated heterocycles. The maximum Gasteiger partial charge on any atom is 0.246 e. The topological polar surface area (TPSA) is 104 Å². The summed E-state index contributed by atoms with van der Waals surface area (Å²) in [4.78, 5) is 42.7. The van der Waals surface area contributed by atoms with Crippen molar-refractivity contribution in [2.24, 2.45) is 5.92 Å². The number of carbonyl (C=O) groups excluding carboxylic acids is 3. The first-order valence-electron chi connectivity index (χ1n) is 14.0. The van der Waals surface area contributed by atoms with Gasteiger partial charge in [0.25, 0.3) is 0 Å². The fourth-order valence-electron chi connectivity index (χ4n) is 5.26. The minimum absolute atomic E-state index is 0.190. The molecule has 1 aliphatic heterocycles. The molecule has 0 bridgehead atoms. The van der Waals surface area contributed by atoms with Crippen LogP contribution < -0.4 is 16.0 Å². The number of likely N-dealkylation sites (N-methyl/N-ethyl adjacent to an activating group) is 1. The minimum atomic E-state index is -0.797. The fraction of sp³-hybridized carbons (Fsp3) is 0.406. The molecule has 0 unspecified atom stereocenters. The van der Waals surface area contributed by atoms with E-state index in [4.69, 9.17) is 4.42 Å².